The lowest BCUT2D eigenvalue weighted by Crippen LogP contribution is -2.32. The third kappa shape index (κ3) is 2.33. The normalized spacial score (nSPS) is 19.3. The Balaban J connectivity index is 2.36. The van der Waals surface area contributed by atoms with Gasteiger partial charge in [0.15, 0.2) is 0 Å². The summed E-state index contributed by atoms with van der Waals surface area (Å²) in [5, 5.41) is 28.8. The summed E-state index contributed by atoms with van der Waals surface area (Å²) in [6, 6.07) is 7.35. The second kappa shape index (κ2) is 4.77. The van der Waals surface area contributed by atoms with Gasteiger partial charge in [0.25, 0.3) is 0 Å². The van der Waals surface area contributed by atoms with Gasteiger partial charge in [0.1, 0.15) is 0 Å². The number of aromatic carboxylic acids is 1. The molecule has 1 saturated carbocycles. The molecule has 1 aromatic carbocycles. The molecule has 20 heavy (non-hydrogen) atoms. The summed E-state index contributed by atoms with van der Waals surface area (Å²) < 4.78 is 0. The van der Waals surface area contributed by atoms with Gasteiger partial charge in [0.05, 0.1) is 22.6 Å². The number of benzene rings is 1. The first-order chi connectivity index (χ1) is 9.33. The van der Waals surface area contributed by atoms with Gasteiger partial charge >= 0.3 is 5.97 Å². The summed E-state index contributed by atoms with van der Waals surface area (Å²) in [5.74, 6) is -0.996. The lowest BCUT2D eigenvalue weighted by atomic mass is 9.86. The second-order valence-corrected chi connectivity index (χ2v) is 5.52. The van der Waals surface area contributed by atoms with Crippen molar-refractivity contribution in [3.63, 3.8) is 0 Å². The molecule has 104 valence electrons. The average Bonchev–Trinajstić information content (AvgIpc) is 3.17. The first-order valence-electron chi connectivity index (χ1n) is 6.49. The molecular formula is C16H17NO3. The van der Waals surface area contributed by atoms with E-state index in [2.05, 4.69) is 6.07 Å². The van der Waals surface area contributed by atoms with Crippen molar-refractivity contribution in [2.75, 3.05) is 0 Å². The minimum absolute atomic E-state index is 0.223. The van der Waals surface area contributed by atoms with Crippen LogP contribution in [0.25, 0.3) is 6.08 Å². The molecule has 0 amide bonds. The minimum atomic E-state index is -1.25. The molecular weight excluding hydrogens is 254 g/mol. The third-order valence-electron chi connectivity index (χ3n) is 4.04. The smallest absolute Gasteiger partial charge is 0.336 e. The summed E-state index contributed by atoms with van der Waals surface area (Å²) in [4.78, 5) is 11.3. The first-order valence-corrected chi connectivity index (χ1v) is 6.49. The van der Waals surface area contributed by atoms with Gasteiger partial charge in [-0.2, -0.15) is 5.26 Å². The molecule has 0 bridgehead atoms. The number of hydrogen-bond donors (Lipinski definition) is 2. The van der Waals surface area contributed by atoms with Crippen molar-refractivity contribution >= 4 is 12.0 Å². The molecule has 1 atom stereocenters. The van der Waals surface area contributed by atoms with E-state index < -0.39 is 17.0 Å². The molecule has 1 aromatic rings. The largest absolute Gasteiger partial charge is 0.478 e. The monoisotopic (exact) mass is 271 g/mol. The van der Waals surface area contributed by atoms with Crippen LogP contribution in [-0.2, 0) is 0 Å². The maximum absolute atomic E-state index is 11.3. The van der Waals surface area contributed by atoms with E-state index in [0.29, 0.717) is 24.0 Å². The van der Waals surface area contributed by atoms with Gasteiger partial charge in [0, 0.05) is 0 Å². The topological polar surface area (TPSA) is 81.3 Å². The Hall–Kier alpha value is -2.12. The fourth-order valence-corrected chi connectivity index (χ4v) is 2.39. The number of hydrogen-bond acceptors (Lipinski definition) is 3. The van der Waals surface area contributed by atoms with E-state index in [4.69, 9.17) is 5.26 Å². The van der Waals surface area contributed by atoms with Crippen molar-refractivity contribution in [2.45, 2.75) is 32.3 Å². The Kier molecular flexibility index (Phi) is 3.41. The SMILES string of the molecule is Cc1cccc(/C=C/[C@](C)(O)C2(C#N)CC2)c1C(=O)O. The van der Waals surface area contributed by atoms with E-state index in [1.165, 1.54) is 6.08 Å². The standard InChI is InChI=1S/C16H17NO3/c1-11-4-3-5-12(13(11)14(18)19)6-7-15(2,20)16(10-17)8-9-16/h3-7,20H,8-9H2,1-2H3,(H,18,19)/b7-6+/t15-/m0/s1. The zero-order chi connectivity index (χ0) is 15.0. The number of carbonyl (C=O) groups is 1. The Labute approximate surface area is 118 Å². The molecule has 1 aliphatic rings. The van der Waals surface area contributed by atoms with Crippen LogP contribution in [0.2, 0.25) is 0 Å². The summed E-state index contributed by atoms with van der Waals surface area (Å²) in [6.07, 6.45) is 4.46. The number of nitrogens with zero attached hydrogens (tertiary/aromatic N) is 1. The van der Waals surface area contributed by atoms with E-state index in [1.807, 2.05) is 0 Å². The first kappa shape index (κ1) is 14.3. The number of carboxylic acids is 1. The van der Waals surface area contributed by atoms with Crippen LogP contribution >= 0.6 is 0 Å². The van der Waals surface area contributed by atoms with E-state index >= 15 is 0 Å². The average molecular weight is 271 g/mol. The minimum Gasteiger partial charge on any atom is -0.478 e. The number of carboxylic acid groups (broad SMARTS) is 1. The molecule has 0 heterocycles. The lowest BCUT2D eigenvalue weighted by Gasteiger charge is -2.24. The van der Waals surface area contributed by atoms with E-state index in [-0.39, 0.29) is 5.56 Å². The maximum atomic E-state index is 11.3. The third-order valence-corrected chi connectivity index (χ3v) is 4.04. The predicted octanol–water partition coefficient (Wildman–Crippen LogP) is 2.76. The number of aliphatic hydroxyl groups is 1. The second-order valence-electron chi connectivity index (χ2n) is 5.52. The van der Waals surface area contributed by atoms with Crippen LogP contribution in [0.5, 0.6) is 0 Å². The number of nitriles is 1. The van der Waals surface area contributed by atoms with Crippen LogP contribution in [0.3, 0.4) is 0 Å². The van der Waals surface area contributed by atoms with Crippen molar-refractivity contribution in [3.05, 3.63) is 41.0 Å². The molecule has 1 fully saturated rings. The summed E-state index contributed by atoms with van der Waals surface area (Å²) in [7, 11) is 0. The highest BCUT2D eigenvalue weighted by Crippen LogP contribution is 2.54. The van der Waals surface area contributed by atoms with Crippen LogP contribution in [0, 0.1) is 23.7 Å². The highest BCUT2D eigenvalue weighted by molar-refractivity contribution is 5.93. The van der Waals surface area contributed by atoms with Gasteiger partial charge in [-0.3, -0.25) is 0 Å². The molecule has 1 aliphatic carbocycles. The molecule has 0 unspecified atom stereocenters. The molecule has 0 saturated heterocycles. The molecule has 2 N–H and O–H groups in total. The van der Waals surface area contributed by atoms with Crippen molar-refractivity contribution < 1.29 is 15.0 Å². The van der Waals surface area contributed by atoms with Crippen LogP contribution < -0.4 is 0 Å². The fraction of sp³-hybridized carbons (Fsp3) is 0.375. The Morgan fingerprint density at radius 2 is 2.15 bits per heavy atom. The van der Waals surface area contributed by atoms with Crippen molar-refractivity contribution in [1.29, 1.82) is 5.26 Å². The molecule has 0 spiro atoms. The van der Waals surface area contributed by atoms with Gasteiger partial charge in [-0.15, -0.1) is 0 Å². The highest BCUT2D eigenvalue weighted by atomic mass is 16.4. The van der Waals surface area contributed by atoms with Gasteiger partial charge in [-0.05, 0) is 37.8 Å². The molecule has 4 nitrogen and oxygen atoms in total. The summed E-state index contributed by atoms with van der Waals surface area (Å²) >= 11 is 0. The van der Waals surface area contributed by atoms with Crippen LogP contribution in [0.4, 0.5) is 0 Å². The van der Waals surface area contributed by atoms with E-state index in [9.17, 15) is 15.0 Å². The predicted molar refractivity (Wildman–Crippen MR) is 75.1 cm³/mol. The fourth-order valence-electron chi connectivity index (χ4n) is 2.39. The molecule has 0 aromatic heterocycles. The Morgan fingerprint density at radius 3 is 2.65 bits per heavy atom. The van der Waals surface area contributed by atoms with Crippen LogP contribution in [0.15, 0.2) is 24.3 Å². The van der Waals surface area contributed by atoms with Gasteiger partial charge in [-0.25, -0.2) is 4.79 Å². The summed E-state index contributed by atoms with van der Waals surface area (Å²) in [6.45, 7) is 3.33. The highest BCUT2D eigenvalue weighted by Gasteiger charge is 2.55. The number of aryl methyl sites for hydroxylation is 1. The quantitative estimate of drug-likeness (QED) is 0.882. The Morgan fingerprint density at radius 1 is 1.50 bits per heavy atom. The van der Waals surface area contributed by atoms with Crippen molar-refractivity contribution in [2.24, 2.45) is 5.41 Å². The van der Waals surface area contributed by atoms with Crippen molar-refractivity contribution in [1.82, 2.24) is 0 Å². The van der Waals surface area contributed by atoms with Gasteiger partial charge in [0.2, 0.25) is 0 Å². The zero-order valence-corrected chi connectivity index (χ0v) is 11.6. The van der Waals surface area contributed by atoms with E-state index in [1.54, 1.807) is 38.1 Å². The number of rotatable bonds is 4. The summed E-state index contributed by atoms with van der Waals surface area (Å²) in [5.41, 5.74) is -0.550. The molecule has 0 radical (unpaired) electrons. The lowest BCUT2D eigenvalue weighted by molar-refractivity contribution is 0.0588. The Bertz CT molecular complexity index is 619. The molecule has 0 aliphatic heterocycles. The van der Waals surface area contributed by atoms with Gasteiger partial charge < -0.3 is 10.2 Å². The van der Waals surface area contributed by atoms with Crippen LogP contribution in [-0.4, -0.2) is 21.8 Å². The van der Waals surface area contributed by atoms with E-state index in [0.717, 1.165) is 0 Å². The zero-order valence-electron chi connectivity index (χ0n) is 11.6. The van der Waals surface area contributed by atoms with Crippen LogP contribution in [0.1, 0.15) is 41.3 Å². The molecule has 2 rings (SSSR count). The molecule has 4 heteroatoms. The van der Waals surface area contributed by atoms with Gasteiger partial charge in [-0.1, -0.05) is 30.4 Å². The maximum Gasteiger partial charge on any atom is 0.336 e. The van der Waals surface area contributed by atoms with Crippen molar-refractivity contribution in [3.8, 4) is 6.07 Å².